The molecule has 0 aromatic carbocycles. The number of piperazine rings is 1. The number of hydrogen-bond donors (Lipinski definition) is 1. The van der Waals surface area contributed by atoms with Crippen LogP contribution in [0.3, 0.4) is 0 Å². The summed E-state index contributed by atoms with van der Waals surface area (Å²) in [6.45, 7) is 3.77. The number of hydrogen-bond acceptors (Lipinski definition) is 2. The summed E-state index contributed by atoms with van der Waals surface area (Å²) < 4.78 is 0. The highest BCUT2D eigenvalue weighted by Crippen LogP contribution is 2.58. The van der Waals surface area contributed by atoms with Gasteiger partial charge in [0, 0.05) is 18.1 Å². The van der Waals surface area contributed by atoms with Gasteiger partial charge in [0.1, 0.15) is 0 Å². The SMILES string of the molecule is CC1CNCC(=O)N1C12CC3CC(CC(C3)C1)C2. The molecule has 4 saturated carbocycles. The van der Waals surface area contributed by atoms with Crippen LogP contribution in [0.25, 0.3) is 0 Å². The number of carbonyl (C=O) groups excluding carboxylic acids is 1. The summed E-state index contributed by atoms with van der Waals surface area (Å²) in [6.07, 6.45) is 8.26. The van der Waals surface area contributed by atoms with Crippen LogP contribution >= 0.6 is 0 Å². The second kappa shape index (κ2) is 3.72. The quantitative estimate of drug-likeness (QED) is 0.767. The van der Waals surface area contributed by atoms with Gasteiger partial charge in [0.05, 0.1) is 6.54 Å². The van der Waals surface area contributed by atoms with Gasteiger partial charge in [-0.1, -0.05) is 0 Å². The summed E-state index contributed by atoms with van der Waals surface area (Å²) >= 11 is 0. The van der Waals surface area contributed by atoms with Gasteiger partial charge in [-0.3, -0.25) is 4.79 Å². The Bertz CT molecular complexity index is 343. The van der Waals surface area contributed by atoms with E-state index in [1.165, 1.54) is 38.5 Å². The Labute approximate surface area is 109 Å². The van der Waals surface area contributed by atoms with Gasteiger partial charge in [0.25, 0.3) is 0 Å². The monoisotopic (exact) mass is 248 g/mol. The Hall–Kier alpha value is -0.570. The lowest BCUT2D eigenvalue weighted by molar-refractivity contribution is -0.158. The molecule has 1 atom stereocenters. The average Bonchev–Trinajstić information content (AvgIpc) is 2.26. The van der Waals surface area contributed by atoms with Crippen LogP contribution < -0.4 is 5.32 Å². The highest BCUT2D eigenvalue weighted by molar-refractivity contribution is 5.80. The maximum atomic E-state index is 12.4. The minimum absolute atomic E-state index is 0.257. The van der Waals surface area contributed by atoms with Crippen LogP contribution in [0, 0.1) is 17.8 Å². The highest BCUT2D eigenvalue weighted by Gasteiger charge is 2.55. The molecule has 0 aromatic rings. The van der Waals surface area contributed by atoms with Crippen molar-refractivity contribution < 1.29 is 4.79 Å². The number of amides is 1. The largest absolute Gasteiger partial charge is 0.332 e. The summed E-state index contributed by atoms with van der Waals surface area (Å²) in [5.74, 6) is 3.12. The maximum Gasteiger partial charge on any atom is 0.237 e. The third-order valence-electron chi connectivity index (χ3n) is 5.94. The van der Waals surface area contributed by atoms with Gasteiger partial charge in [-0.15, -0.1) is 0 Å². The van der Waals surface area contributed by atoms with E-state index in [1.54, 1.807) is 0 Å². The van der Waals surface area contributed by atoms with Crippen molar-refractivity contribution in [1.29, 1.82) is 0 Å². The summed E-state index contributed by atoms with van der Waals surface area (Å²) in [4.78, 5) is 14.7. The highest BCUT2D eigenvalue weighted by atomic mass is 16.2. The molecule has 3 nitrogen and oxygen atoms in total. The molecule has 0 radical (unpaired) electrons. The zero-order valence-corrected chi connectivity index (χ0v) is 11.3. The molecule has 0 aromatic heterocycles. The van der Waals surface area contributed by atoms with Crippen molar-refractivity contribution in [3.63, 3.8) is 0 Å². The van der Waals surface area contributed by atoms with Gasteiger partial charge >= 0.3 is 0 Å². The fraction of sp³-hybridized carbons (Fsp3) is 0.933. The minimum Gasteiger partial charge on any atom is -0.332 e. The molecule has 1 unspecified atom stereocenters. The summed E-state index contributed by atoms with van der Waals surface area (Å²) in [6, 6.07) is 0.391. The molecule has 4 aliphatic carbocycles. The Morgan fingerprint density at radius 2 is 1.67 bits per heavy atom. The summed E-state index contributed by atoms with van der Waals surface area (Å²) in [5.41, 5.74) is 0.257. The van der Waals surface area contributed by atoms with Gasteiger partial charge in [-0.05, 0) is 63.2 Å². The number of nitrogens with zero attached hydrogens (tertiary/aromatic N) is 1. The molecule has 4 bridgehead atoms. The van der Waals surface area contributed by atoms with E-state index >= 15 is 0 Å². The smallest absolute Gasteiger partial charge is 0.237 e. The van der Waals surface area contributed by atoms with E-state index in [9.17, 15) is 4.79 Å². The molecule has 0 spiro atoms. The van der Waals surface area contributed by atoms with Gasteiger partial charge in [0.15, 0.2) is 0 Å². The van der Waals surface area contributed by atoms with Crippen molar-refractivity contribution >= 4 is 5.91 Å². The van der Waals surface area contributed by atoms with Crippen LogP contribution in [0.2, 0.25) is 0 Å². The van der Waals surface area contributed by atoms with Crippen LogP contribution in [-0.2, 0) is 4.79 Å². The van der Waals surface area contributed by atoms with Gasteiger partial charge in [-0.2, -0.15) is 0 Å². The van der Waals surface area contributed by atoms with Crippen LogP contribution in [0.1, 0.15) is 45.4 Å². The fourth-order valence-electron chi connectivity index (χ4n) is 5.90. The summed E-state index contributed by atoms with van der Waals surface area (Å²) in [7, 11) is 0. The minimum atomic E-state index is 0.257. The number of carbonyl (C=O) groups is 1. The Morgan fingerprint density at radius 3 is 2.17 bits per heavy atom. The first-order valence-electron chi connectivity index (χ1n) is 7.69. The van der Waals surface area contributed by atoms with Crippen molar-refractivity contribution in [3.8, 4) is 0 Å². The second-order valence-electron chi connectivity index (χ2n) is 7.39. The topological polar surface area (TPSA) is 32.3 Å². The first-order chi connectivity index (χ1) is 8.66. The first kappa shape index (κ1) is 11.3. The lowest BCUT2D eigenvalue weighted by Gasteiger charge is -2.62. The zero-order chi connectivity index (χ0) is 12.3. The van der Waals surface area contributed by atoms with E-state index < -0.39 is 0 Å². The number of rotatable bonds is 1. The maximum absolute atomic E-state index is 12.4. The lowest BCUT2D eigenvalue weighted by atomic mass is 9.52. The molecule has 5 aliphatic rings. The Kier molecular flexibility index (Phi) is 2.33. The van der Waals surface area contributed by atoms with Crippen LogP contribution in [0.4, 0.5) is 0 Å². The molecular formula is C15H24N2O. The third-order valence-corrected chi connectivity index (χ3v) is 5.94. The normalized spacial score (nSPS) is 50.9. The van der Waals surface area contributed by atoms with E-state index in [1.807, 2.05) is 0 Å². The third kappa shape index (κ3) is 1.49. The molecule has 100 valence electrons. The van der Waals surface area contributed by atoms with Crippen molar-refractivity contribution in [2.24, 2.45) is 17.8 Å². The molecule has 18 heavy (non-hydrogen) atoms. The molecule has 1 amide bonds. The molecule has 1 aliphatic heterocycles. The Morgan fingerprint density at radius 1 is 1.11 bits per heavy atom. The van der Waals surface area contributed by atoms with Crippen LogP contribution in [0.5, 0.6) is 0 Å². The van der Waals surface area contributed by atoms with Gasteiger partial charge in [0.2, 0.25) is 5.91 Å². The lowest BCUT2D eigenvalue weighted by Crippen LogP contribution is -2.68. The van der Waals surface area contributed by atoms with Crippen LogP contribution in [-0.4, -0.2) is 35.5 Å². The van der Waals surface area contributed by atoms with E-state index in [4.69, 9.17) is 0 Å². The second-order valence-corrected chi connectivity index (χ2v) is 7.39. The van der Waals surface area contributed by atoms with E-state index in [2.05, 4.69) is 17.1 Å². The fourth-order valence-corrected chi connectivity index (χ4v) is 5.90. The molecule has 1 saturated heterocycles. The summed E-state index contributed by atoms with van der Waals surface area (Å²) in [5, 5.41) is 3.26. The molecular weight excluding hydrogens is 224 g/mol. The van der Waals surface area contributed by atoms with Crippen molar-refractivity contribution in [2.45, 2.75) is 57.0 Å². The number of nitrogens with one attached hydrogen (secondary N) is 1. The van der Waals surface area contributed by atoms with E-state index in [0.717, 1.165) is 24.3 Å². The molecule has 1 N–H and O–H groups in total. The first-order valence-corrected chi connectivity index (χ1v) is 7.69. The molecule has 5 rings (SSSR count). The van der Waals surface area contributed by atoms with Crippen molar-refractivity contribution in [1.82, 2.24) is 10.2 Å². The van der Waals surface area contributed by atoms with Crippen molar-refractivity contribution in [2.75, 3.05) is 13.1 Å². The van der Waals surface area contributed by atoms with Crippen LogP contribution in [0.15, 0.2) is 0 Å². The predicted molar refractivity (Wildman–Crippen MR) is 70.1 cm³/mol. The van der Waals surface area contributed by atoms with Gasteiger partial charge < -0.3 is 10.2 Å². The standard InChI is InChI=1S/C15H24N2O/c1-10-8-16-9-14(18)17(10)15-5-11-2-12(6-15)4-13(3-11)7-15/h10-13,16H,2-9H2,1H3. The van der Waals surface area contributed by atoms with Gasteiger partial charge in [-0.25, -0.2) is 0 Å². The molecule has 1 heterocycles. The van der Waals surface area contributed by atoms with E-state index in [0.29, 0.717) is 18.5 Å². The average molecular weight is 248 g/mol. The zero-order valence-electron chi connectivity index (χ0n) is 11.3. The molecule has 5 fully saturated rings. The molecule has 3 heteroatoms. The van der Waals surface area contributed by atoms with Crippen molar-refractivity contribution in [3.05, 3.63) is 0 Å². The van der Waals surface area contributed by atoms with E-state index in [-0.39, 0.29) is 5.54 Å². The Balaban J connectivity index is 1.68. The predicted octanol–water partition coefficient (Wildman–Crippen LogP) is 1.78.